The Morgan fingerprint density at radius 2 is 1.52 bits per heavy atom. The van der Waals surface area contributed by atoms with E-state index in [2.05, 4.69) is 0 Å². The van der Waals surface area contributed by atoms with Crippen LogP contribution in [0.2, 0.25) is 0 Å². The lowest BCUT2D eigenvalue weighted by molar-refractivity contribution is -0.134. The number of rotatable bonds is 4. The molecule has 5 heteroatoms. The van der Waals surface area contributed by atoms with Gasteiger partial charge < -0.3 is 4.74 Å². The fourth-order valence-corrected chi connectivity index (χ4v) is 2.49. The standard InChI is InChI=1S/C18H15NO4/c1-12-6-2-5-9-15(12)23-16(20)10-11-19-17(21)13-7-3-4-8-14(13)18(19)22/h2-9H,10-11H2,1H3. The summed E-state index contributed by atoms with van der Waals surface area (Å²) < 4.78 is 5.26. The first-order chi connectivity index (χ1) is 11.1. The van der Waals surface area contributed by atoms with Gasteiger partial charge in [0.2, 0.25) is 0 Å². The Morgan fingerprint density at radius 3 is 2.13 bits per heavy atom. The Bertz CT molecular complexity index is 762. The summed E-state index contributed by atoms with van der Waals surface area (Å²) in [5.74, 6) is -0.723. The molecule has 0 fully saturated rings. The Balaban J connectivity index is 1.63. The number of aryl methyl sites for hydroxylation is 1. The van der Waals surface area contributed by atoms with Crippen molar-refractivity contribution >= 4 is 17.8 Å². The van der Waals surface area contributed by atoms with Crippen molar-refractivity contribution in [1.82, 2.24) is 4.90 Å². The second kappa shape index (κ2) is 6.04. The number of carbonyl (C=O) groups excluding carboxylic acids is 3. The van der Waals surface area contributed by atoms with Crippen LogP contribution in [0.15, 0.2) is 48.5 Å². The summed E-state index contributed by atoms with van der Waals surface area (Å²) in [4.78, 5) is 37.4. The number of esters is 1. The molecule has 116 valence electrons. The van der Waals surface area contributed by atoms with Gasteiger partial charge >= 0.3 is 5.97 Å². The molecule has 0 spiro atoms. The Kier molecular flexibility index (Phi) is 3.93. The summed E-state index contributed by atoms with van der Waals surface area (Å²) in [5.41, 5.74) is 1.61. The predicted octanol–water partition coefficient (Wildman–Crippen LogP) is 2.59. The van der Waals surface area contributed by atoms with Crippen molar-refractivity contribution < 1.29 is 19.1 Å². The van der Waals surface area contributed by atoms with Crippen LogP contribution in [0.3, 0.4) is 0 Å². The molecule has 5 nitrogen and oxygen atoms in total. The Labute approximate surface area is 133 Å². The van der Waals surface area contributed by atoms with Crippen LogP contribution in [0, 0.1) is 6.92 Å². The van der Waals surface area contributed by atoms with E-state index in [0.29, 0.717) is 16.9 Å². The molecule has 0 aromatic heterocycles. The van der Waals surface area contributed by atoms with Crippen LogP contribution in [0.5, 0.6) is 5.75 Å². The molecule has 0 atom stereocenters. The van der Waals surface area contributed by atoms with Gasteiger partial charge in [-0.15, -0.1) is 0 Å². The van der Waals surface area contributed by atoms with E-state index in [-0.39, 0.29) is 24.8 Å². The summed E-state index contributed by atoms with van der Waals surface area (Å²) in [7, 11) is 0. The van der Waals surface area contributed by atoms with Crippen LogP contribution < -0.4 is 4.74 Å². The van der Waals surface area contributed by atoms with Gasteiger partial charge in [-0.2, -0.15) is 0 Å². The number of nitrogens with zero attached hydrogens (tertiary/aromatic N) is 1. The highest BCUT2D eigenvalue weighted by molar-refractivity contribution is 6.21. The lowest BCUT2D eigenvalue weighted by Gasteiger charge is -2.13. The molecule has 1 aliphatic rings. The molecule has 3 rings (SSSR count). The van der Waals surface area contributed by atoms with E-state index in [1.54, 1.807) is 36.4 Å². The molecule has 23 heavy (non-hydrogen) atoms. The highest BCUT2D eigenvalue weighted by Crippen LogP contribution is 2.23. The third-order valence-electron chi connectivity index (χ3n) is 3.74. The number of ether oxygens (including phenoxy) is 1. The molecule has 0 radical (unpaired) electrons. The minimum Gasteiger partial charge on any atom is -0.426 e. The molecule has 2 amide bonds. The summed E-state index contributed by atoms with van der Waals surface area (Å²) >= 11 is 0. The number of amides is 2. The van der Waals surface area contributed by atoms with E-state index in [1.807, 2.05) is 19.1 Å². The van der Waals surface area contributed by atoms with E-state index in [4.69, 9.17) is 4.74 Å². The summed E-state index contributed by atoms with van der Waals surface area (Å²) in [6.07, 6.45) is -0.0419. The molecule has 0 saturated heterocycles. The van der Waals surface area contributed by atoms with Gasteiger partial charge in [-0.25, -0.2) is 0 Å². The first kappa shape index (κ1) is 15.0. The first-order valence-electron chi connectivity index (χ1n) is 7.29. The average molecular weight is 309 g/mol. The molecule has 0 bridgehead atoms. The summed E-state index contributed by atoms with van der Waals surface area (Å²) in [6.45, 7) is 1.85. The summed E-state index contributed by atoms with van der Waals surface area (Å²) in [6, 6.07) is 13.8. The van der Waals surface area contributed by atoms with Crippen molar-refractivity contribution in [3.05, 3.63) is 65.2 Å². The topological polar surface area (TPSA) is 63.7 Å². The number of hydrogen-bond donors (Lipinski definition) is 0. The highest BCUT2D eigenvalue weighted by Gasteiger charge is 2.35. The van der Waals surface area contributed by atoms with Gasteiger partial charge in [0.05, 0.1) is 17.5 Å². The van der Waals surface area contributed by atoms with Gasteiger partial charge in [-0.3, -0.25) is 19.3 Å². The van der Waals surface area contributed by atoms with Crippen molar-refractivity contribution in [3.8, 4) is 5.75 Å². The second-order valence-electron chi connectivity index (χ2n) is 5.30. The normalized spacial score (nSPS) is 13.2. The van der Waals surface area contributed by atoms with Crippen LogP contribution in [-0.2, 0) is 4.79 Å². The van der Waals surface area contributed by atoms with E-state index in [1.165, 1.54) is 0 Å². The van der Waals surface area contributed by atoms with Crippen molar-refractivity contribution in [3.63, 3.8) is 0 Å². The number of fused-ring (bicyclic) bond motifs is 1. The van der Waals surface area contributed by atoms with Crippen molar-refractivity contribution in [2.75, 3.05) is 6.54 Å². The number of carbonyl (C=O) groups is 3. The fourth-order valence-electron chi connectivity index (χ4n) is 2.49. The van der Waals surface area contributed by atoms with Gasteiger partial charge in [-0.05, 0) is 30.7 Å². The molecule has 1 heterocycles. The van der Waals surface area contributed by atoms with Crippen LogP contribution in [0.4, 0.5) is 0 Å². The van der Waals surface area contributed by atoms with E-state index in [0.717, 1.165) is 10.5 Å². The van der Waals surface area contributed by atoms with Gasteiger partial charge in [0.1, 0.15) is 5.75 Å². The molecular formula is C18H15NO4. The minimum atomic E-state index is -0.476. The maximum Gasteiger partial charge on any atom is 0.313 e. The van der Waals surface area contributed by atoms with Crippen molar-refractivity contribution in [2.45, 2.75) is 13.3 Å². The predicted molar refractivity (Wildman–Crippen MR) is 83.2 cm³/mol. The van der Waals surface area contributed by atoms with E-state index < -0.39 is 5.97 Å². The minimum absolute atomic E-state index is 0.0110. The van der Waals surface area contributed by atoms with Gasteiger partial charge in [0.15, 0.2) is 0 Å². The van der Waals surface area contributed by atoms with Crippen LogP contribution in [-0.4, -0.2) is 29.2 Å². The third-order valence-corrected chi connectivity index (χ3v) is 3.74. The molecule has 0 saturated carbocycles. The van der Waals surface area contributed by atoms with Gasteiger partial charge in [0.25, 0.3) is 11.8 Å². The van der Waals surface area contributed by atoms with Crippen LogP contribution >= 0.6 is 0 Å². The largest absolute Gasteiger partial charge is 0.426 e. The zero-order valence-corrected chi connectivity index (χ0v) is 12.6. The number of benzene rings is 2. The molecule has 0 aliphatic carbocycles. The van der Waals surface area contributed by atoms with E-state index >= 15 is 0 Å². The van der Waals surface area contributed by atoms with Gasteiger partial charge in [0, 0.05) is 6.54 Å². The summed E-state index contributed by atoms with van der Waals surface area (Å²) in [5, 5.41) is 0. The van der Waals surface area contributed by atoms with Crippen LogP contribution in [0.25, 0.3) is 0 Å². The molecule has 2 aromatic carbocycles. The van der Waals surface area contributed by atoms with Crippen molar-refractivity contribution in [1.29, 1.82) is 0 Å². The third kappa shape index (κ3) is 2.85. The highest BCUT2D eigenvalue weighted by atomic mass is 16.5. The molecule has 2 aromatic rings. The van der Waals surface area contributed by atoms with Gasteiger partial charge in [-0.1, -0.05) is 30.3 Å². The molecule has 0 N–H and O–H groups in total. The lowest BCUT2D eigenvalue weighted by atomic mass is 10.1. The van der Waals surface area contributed by atoms with Crippen molar-refractivity contribution in [2.24, 2.45) is 0 Å². The average Bonchev–Trinajstić information content (AvgIpc) is 2.80. The monoisotopic (exact) mass is 309 g/mol. The molecule has 1 aliphatic heterocycles. The second-order valence-corrected chi connectivity index (χ2v) is 5.30. The Hall–Kier alpha value is -2.95. The SMILES string of the molecule is Cc1ccccc1OC(=O)CCN1C(=O)c2ccccc2C1=O. The van der Waals surface area contributed by atoms with Crippen LogP contribution in [0.1, 0.15) is 32.7 Å². The Morgan fingerprint density at radius 1 is 0.957 bits per heavy atom. The number of imide groups is 1. The molecule has 0 unspecified atom stereocenters. The number of hydrogen-bond acceptors (Lipinski definition) is 4. The molecular weight excluding hydrogens is 294 g/mol. The zero-order valence-electron chi connectivity index (χ0n) is 12.6. The first-order valence-corrected chi connectivity index (χ1v) is 7.29. The maximum absolute atomic E-state index is 12.2. The maximum atomic E-state index is 12.2. The number of para-hydroxylation sites is 1. The quantitative estimate of drug-likeness (QED) is 0.495. The zero-order chi connectivity index (χ0) is 16.4. The van der Waals surface area contributed by atoms with E-state index in [9.17, 15) is 14.4 Å². The smallest absolute Gasteiger partial charge is 0.313 e. The fraction of sp³-hybridized carbons (Fsp3) is 0.167. The lowest BCUT2D eigenvalue weighted by Crippen LogP contribution is -2.32.